The first-order chi connectivity index (χ1) is 12.6. The van der Waals surface area contributed by atoms with Gasteiger partial charge >= 0.3 is 6.18 Å². The summed E-state index contributed by atoms with van der Waals surface area (Å²) in [4.78, 5) is 4.09. The van der Waals surface area contributed by atoms with E-state index in [2.05, 4.69) is 15.6 Å². The fourth-order valence-corrected chi connectivity index (χ4v) is 4.23. The van der Waals surface area contributed by atoms with E-state index in [4.69, 9.17) is 0 Å². The predicted molar refractivity (Wildman–Crippen MR) is 110 cm³/mol. The molecule has 6 nitrogen and oxygen atoms in total. The monoisotopic (exact) mass is 538 g/mol. The van der Waals surface area contributed by atoms with E-state index in [1.807, 2.05) is 0 Å². The molecule has 0 radical (unpaired) electrons. The van der Waals surface area contributed by atoms with Gasteiger partial charge in [0.05, 0.1) is 17.9 Å². The van der Waals surface area contributed by atoms with Gasteiger partial charge in [-0.15, -0.1) is 24.0 Å². The van der Waals surface area contributed by atoms with E-state index in [-0.39, 0.29) is 60.9 Å². The zero-order valence-electron chi connectivity index (χ0n) is 15.2. The Morgan fingerprint density at radius 3 is 2.57 bits per heavy atom. The Morgan fingerprint density at radius 1 is 1.29 bits per heavy atom. The molecule has 1 aromatic rings. The van der Waals surface area contributed by atoms with E-state index < -0.39 is 27.6 Å². The minimum Gasteiger partial charge on any atom is -0.357 e. The Labute approximate surface area is 178 Å². The van der Waals surface area contributed by atoms with Crippen molar-refractivity contribution in [3.05, 3.63) is 35.1 Å². The van der Waals surface area contributed by atoms with Gasteiger partial charge in [-0.25, -0.2) is 22.1 Å². The molecular weight excluding hydrogens is 515 g/mol. The quantitative estimate of drug-likeness (QED) is 0.253. The van der Waals surface area contributed by atoms with Crippen molar-refractivity contribution in [1.82, 2.24) is 14.9 Å². The molecule has 0 unspecified atom stereocenters. The minimum absolute atomic E-state index is 0. The maximum Gasteiger partial charge on any atom is 0.416 e. The summed E-state index contributed by atoms with van der Waals surface area (Å²) in [6.07, 6.45) is -4.09. The molecule has 28 heavy (non-hydrogen) atoms. The van der Waals surface area contributed by atoms with Crippen molar-refractivity contribution in [1.29, 1.82) is 0 Å². The number of nitrogens with one attached hydrogen (secondary N) is 2. The average molecular weight is 538 g/mol. The van der Waals surface area contributed by atoms with Crippen LogP contribution in [0, 0.1) is 5.82 Å². The van der Waals surface area contributed by atoms with Crippen molar-refractivity contribution < 1.29 is 26.0 Å². The highest BCUT2D eigenvalue weighted by molar-refractivity contribution is 14.0. The van der Waals surface area contributed by atoms with Crippen molar-refractivity contribution in [2.24, 2.45) is 4.99 Å². The van der Waals surface area contributed by atoms with Gasteiger partial charge in [0.25, 0.3) is 0 Å². The summed E-state index contributed by atoms with van der Waals surface area (Å²) in [5.74, 6) is -0.579. The summed E-state index contributed by atoms with van der Waals surface area (Å²) in [7, 11) is -3.21. The molecule has 1 fully saturated rings. The number of hydrogen-bond donors (Lipinski definition) is 2. The van der Waals surface area contributed by atoms with Gasteiger partial charge in [0, 0.05) is 26.2 Å². The second-order valence-electron chi connectivity index (χ2n) is 5.99. The Balaban J connectivity index is 0.00000392. The number of sulfonamides is 1. The van der Waals surface area contributed by atoms with Gasteiger partial charge < -0.3 is 10.6 Å². The molecule has 0 amide bonds. The number of hydrogen-bond acceptors (Lipinski definition) is 3. The predicted octanol–water partition coefficient (Wildman–Crippen LogP) is 2.55. The van der Waals surface area contributed by atoms with Crippen LogP contribution in [0.25, 0.3) is 0 Å². The lowest BCUT2D eigenvalue weighted by molar-refractivity contribution is -0.138. The van der Waals surface area contributed by atoms with E-state index in [1.54, 1.807) is 6.92 Å². The van der Waals surface area contributed by atoms with Crippen LogP contribution in [0.1, 0.15) is 24.5 Å². The third kappa shape index (κ3) is 7.03. The average Bonchev–Trinajstić information content (AvgIpc) is 2.91. The zero-order valence-corrected chi connectivity index (χ0v) is 18.4. The van der Waals surface area contributed by atoms with Crippen molar-refractivity contribution in [2.45, 2.75) is 26.1 Å². The van der Waals surface area contributed by atoms with Crippen molar-refractivity contribution >= 4 is 40.0 Å². The fraction of sp³-hybridized carbons (Fsp3) is 0.562. The standard InChI is InChI=1S/C16H22F4N4O2S.HI/c1-2-21-15(22-6-8-24-7-3-9-27(24,25)26)23-11-12-4-5-13(17)10-14(12)16(18,19)20;/h4-5,10H,2-3,6-9,11H2,1H3,(H2,21,22,23);1H. The molecule has 0 spiro atoms. The summed E-state index contributed by atoms with van der Waals surface area (Å²) < 4.78 is 77.1. The summed E-state index contributed by atoms with van der Waals surface area (Å²) in [5, 5.41) is 5.79. The van der Waals surface area contributed by atoms with Gasteiger partial charge in [-0.2, -0.15) is 13.2 Å². The largest absolute Gasteiger partial charge is 0.416 e. The van der Waals surface area contributed by atoms with Crippen LogP contribution in [0.5, 0.6) is 0 Å². The van der Waals surface area contributed by atoms with Crippen LogP contribution in [0.2, 0.25) is 0 Å². The highest BCUT2D eigenvalue weighted by atomic mass is 127. The number of nitrogens with zero attached hydrogens (tertiary/aromatic N) is 2. The van der Waals surface area contributed by atoms with Gasteiger partial charge in [-0.05, 0) is 31.0 Å². The number of alkyl halides is 3. The van der Waals surface area contributed by atoms with Crippen LogP contribution in [0.3, 0.4) is 0 Å². The molecule has 1 aromatic carbocycles. The van der Waals surface area contributed by atoms with Gasteiger partial charge in [0.1, 0.15) is 5.82 Å². The molecule has 2 rings (SSSR count). The molecule has 1 aliphatic rings. The number of rotatable bonds is 6. The first-order valence-corrected chi connectivity index (χ1v) is 10.1. The lowest BCUT2D eigenvalue weighted by atomic mass is 10.1. The number of halogens is 5. The maximum absolute atomic E-state index is 13.2. The Morgan fingerprint density at radius 2 is 2.00 bits per heavy atom. The number of guanidine groups is 1. The topological polar surface area (TPSA) is 73.8 Å². The lowest BCUT2D eigenvalue weighted by Crippen LogP contribution is -2.42. The van der Waals surface area contributed by atoms with Crippen LogP contribution >= 0.6 is 24.0 Å². The number of aliphatic imine (C=N–C) groups is 1. The molecule has 0 saturated carbocycles. The van der Waals surface area contributed by atoms with Crippen LogP contribution in [-0.4, -0.2) is 50.6 Å². The SMILES string of the molecule is CCNC(=NCc1ccc(F)cc1C(F)(F)F)NCCN1CCCS1(=O)=O.I. The van der Waals surface area contributed by atoms with Gasteiger partial charge in [-0.3, -0.25) is 0 Å². The van der Waals surface area contributed by atoms with Crippen LogP contribution in [0.15, 0.2) is 23.2 Å². The molecule has 0 bridgehead atoms. The normalized spacial score (nSPS) is 17.2. The minimum atomic E-state index is -4.68. The summed E-state index contributed by atoms with van der Waals surface area (Å²) in [6.45, 7) is 2.94. The molecule has 1 aliphatic heterocycles. The zero-order chi connectivity index (χ0) is 20.1. The Kier molecular flexibility index (Phi) is 9.40. The van der Waals surface area contributed by atoms with Crippen LogP contribution in [-0.2, 0) is 22.7 Å². The van der Waals surface area contributed by atoms with E-state index in [0.29, 0.717) is 25.6 Å². The highest BCUT2D eigenvalue weighted by Gasteiger charge is 2.33. The molecule has 0 atom stereocenters. The third-order valence-electron chi connectivity index (χ3n) is 3.99. The third-order valence-corrected chi connectivity index (χ3v) is 5.94. The molecule has 1 heterocycles. The summed E-state index contributed by atoms with van der Waals surface area (Å²) in [5.41, 5.74) is -1.21. The Hall–Kier alpha value is -1.15. The molecule has 1 saturated heterocycles. The molecule has 2 N–H and O–H groups in total. The van der Waals surface area contributed by atoms with E-state index >= 15 is 0 Å². The van der Waals surface area contributed by atoms with E-state index in [9.17, 15) is 26.0 Å². The van der Waals surface area contributed by atoms with Gasteiger partial charge in [0.15, 0.2) is 5.96 Å². The summed E-state index contributed by atoms with van der Waals surface area (Å²) >= 11 is 0. The maximum atomic E-state index is 13.2. The fourth-order valence-electron chi connectivity index (χ4n) is 2.70. The molecule has 12 heteroatoms. The smallest absolute Gasteiger partial charge is 0.357 e. The van der Waals surface area contributed by atoms with E-state index in [1.165, 1.54) is 4.31 Å². The Bertz CT molecular complexity index is 787. The number of benzene rings is 1. The molecular formula is C16H23F4IN4O2S. The van der Waals surface area contributed by atoms with Crippen LogP contribution < -0.4 is 10.6 Å². The van der Waals surface area contributed by atoms with Gasteiger partial charge in [0.2, 0.25) is 10.0 Å². The second kappa shape index (κ2) is 10.6. The lowest BCUT2D eigenvalue weighted by Gasteiger charge is -2.17. The van der Waals surface area contributed by atoms with Crippen molar-refractivity contribution in [3.8, 4) is 0 Å². The molecule has 0 aliphatic carbocycles. The molecule has 0 aromatic heterocycles. The van der Waals surface area contributed by atoms with Crippen molar-refractivity contribution in [2.75, 3.05) is 31.9 Å². The van der Waals surface area contributed by atoms with Crippen LogP contribution in [0.4, 0.5) is 17.6 Å². The van der Waals surface area contributed by atoms with E-state index in [0.717, 1.165) is 12.1 Å². The highest BCUT2D eigenvalue weighted by Crippen LogP contribution is 2.32. The second-order valence-corrected chi connectivity index (χ2v) is 8.08. The molecule has 160 valence electrons. The van der Waals surface area contributed by atoms with Crippen molar-refractivity contribution in [3.63, 3.8) is 0 Å². The van der Waals surface area contributed by atoms with Gasteiger partial charge in [-0.1, -0.05) is 6.07 Å². The first-order valence-electron chi connectivity index (χ1n) is 8.49. The first kappa shape index (κ1) is 24.9. The summed E-state index contributed by atoms with van der Waals surface area (Å²) in [6, 6.07) is 2.46.